The van der Waals surface area contributed by atoms with Gasteiger partial charge in [-0.2, -0.15) is 4.98 Å². The van der Waals surface area contributed by atoms with E-state index in [-0.39, 0.29) is 46.5 Å². The first-order chi connectivity index (χ1) is 19.8. The van der Waals surface area contributed by atoms with Crippen LogP contribution in [-0.4, -0.2) is 90.4 Å². The van der Waals surface area contributed by atoms with Crippen LogP contribution in [0.1, 0.15) is 13.0 Å². The van der Waals surface area contributed by atoms with Crippen molar-refractivity contribution in [2.45, 2.75) is 19.0 Å². The van der Waals surface area contributed by atoms with E-state index >= 15 is 4.39 Å². The topological polar surface area (TPSA) is 80.1 Å². The summed E-state index contributed by atoms with van der Waals surface area (Å²) in [4.78, 5) is 36.5. The summed E-state index contributed by atoms with van der Waals surface area (Å²) in [6, 6.07) is 4.42. The highest BCUT2D eigenvalue weighted by Gasteiger charge is 2.35. The number of carbonyl (C=O) groups excluding carboxylic acids is 1. The third-order valence-electron chi connectivity index (χ3n) is 8.04. The predicted octanol–water partition coefficient (Wildman–Crippen LogP) is 3.48. The van der Waals surface area contributed by atoms with Gasteiger partial charge >= 0.3 is 5.69 Å². The summed E-state index contributed by atoms with van der Waals surface area (Å²) in [6.45, 7) is 10.2. The number of morpholine rings is 1. The fourth-order valence-corrected chi connectivity index (χ4v) is 6.34. The molecule has 4 heterocycles. The molecule has 0 aliphatic carbocycles. The molecule has 0 spiro atoms. The van der Waals surface area contributed by atoms with Gasteiger partial charge in [0.1, 0.15) is 24.1 Å². The quantitative estimate of drug-likeness (QED) is 0.424. The zero-order chi connectivity index (χ0) is 28.8. The van der Waals surface area contributed by atoms with Crippen molar-refractivity contribution in [3.05, 3.63) is 64.1 Å². The SMILES string of the molecule is C=CC(=O)N1CCN(c2nc(=O)n3c4c(c(-c5ccc(F)cc5F)c(Cl)cc24)OC[C@H]3CN2CCOCC2)[C@@H](C)C1. The lowest BCUT2D eigenvalue weighted by Crippen LogP contribution is -2.54. The number of anilines is 1. The third kappa shape index (κ3) is 4.96. The predicted molar refractivity (Wildman–Crippen MR) is 152 cm³/mol. The Bertz CT molecular complexity index is 1590. The van der Waals surface area contributed by atoms with Crippen LogP contribution in [0.15, 0.2) is 41.7 Å². The molecule has 2 aromatic carbocycles. The first-order valence-electron chi connectivity index (χ1n) is 13.6. The van der Waals surface area contributed by atoms with Gasteiger partial charge in [0.15, 0.2) is 5.75 Å². The Hall–Kier alpha value is -3.54. The lowest BCUT2D eigenvalue weighted by molar-refractivity contribution is -0.126. The molecular formula is C29H30ClF2N5O4. The first-order valence-corrected chi connectivity index (χ1v) is 14.0. The molecule has 0 N–H and O–H groups in total. The minimum Gasteiger partial charge on any atom is -0.488 e. The fraction of sp³-hybridized carbons (Fsp3) is 0.414. The van der Waals surface area contributed by atoms with E-state index in [4.69, 9.17) is 21.1 Å². The van der Waals surface area contributed by atoms with Crippen LogP contribution in [0.25, 0.3) is 22.0 Å². The summed E-state index contributed by atoms with van der Waals surface area (Å²) < 4.78 is 42.3. The number of piperazine rings is 1. The maximum atomic E-state index is 15.1. The second-order valence-electron chi connectivity index (χ2n) is 10.6. The maximum absolute atomic E-state index is 15.1. The highest BCUT2D eigenvalue weighted by molar-refractivity contribution is 6.35. The van der Waals surface area contributed by atoms with Gasteiger partial charge in [0, 0.05) is 67.9 Å². The van der Waals surface area contributed by atoms with Gasteiger partial charge < -0.3 is 19.3 Å². The van der Waals surface area contributed by atoms with E-state index in [9.17, 15) is 14.0 Å². The van der Waals surface area contributed by atoms with Crippen LogP contribution in [-0.2, 0) is 9.53 Å². The molecule has 0 radical (unpaired) electrons. The molecule has 2 fully saturated rings. The van der Waals surface area contributed by atoms with Gasteiger partial charge in [0.25, 0.3) is 0 Å². The van der Waals surface area contributed by atoms with E-state index in [2.05, 4.69) is 16.5 Å². The molecule has 1 amide bonds. The summed E-state index contributed by atoms with van der Waals surface area (Å²) in [5.74, 6) is -0.986. The van der Waals surface area contributed by atoms with E-state index < -0.39 is 17.3 Å². The van der Waals surface area contributed by atoms with Gasteiger partial charge in [0.05, 0.1) is 29.8 Å². The van der Waals surface area contributed by atoms with Crippen LogP contribution in [0.4, 0.5) is 14.6 Å². The molecule has 12 heteroatoms. The molecule has 3 aliphatic rings. The number of aromatic nitrogens is 2. The molecule has 3 aromatic rings. The number of nitrogens with zero attached hydrogens (tertiary/aromatic N) is 5. The molecule has 0 unspecified atom stereocenters. The largest absolute Gasteiger partial charge is 0.488 e. The first kappa shape index (κ1) is 27.6. The van der Waals surface area contributed by atoms with Crippen LogP contribution in [0.3, 0.4) is 0 Å². The number of halogens is 3. The number of amides is 1. The summed E-state index contributed by atoms with van der Waals surface area (Å²) in [5, 5.41) is 0.768. The Balaban J connectivity index is 1.53. The van der Waals surface area contributed by atoms with Crippen LogP contribution >= 0.6 is 11.6 Å². The molecule has 2 atom stereocenters. The van der Waals surface area contributed by atoms with Crippen molar-refractivity contribution >= 4 is 34.2 Å². The van der Waals surface area contributed by atoms with Crippen LogP contribution < -0.4 is 15.3 Å². The zero-order valence-electron chi connectivity index (χ0n) is 22.6. The summed E-state index contributed by atoms with van der Waals surface area (Å²) in [6.07, 6.45) is 1.29. The van der Waals surface area contributed by atoms with Crippen molar-refractivity contribution in [3.63, 3.8) is 0 Å². The standard InChI is InChI=1S/C29H30ClF2N5O4/c1-3-24(38)35-6-7-36(17(2)14-35)28-21-13-22(30)25(20-5-4-18(31)12-23(20)32)27-26(21)37(29(39)33-28)19(16-41-27)15-34-8-10-40-11-9-34/h3-5,12-13,17,19H,1,6-11,14-16H2,2H3/t17-,19+/m0/s1. The van der Waals surface area contributed by atoms with E-state index in [1.807, 2.05) is 11.8 Å². The Morgan fingerprint density at radius 2 is 1.98 bits per heavy atom. The van der Waals surface area contributed by atoms with Gasteiger partial charge in [-0.05, 0) is 31.2 Å². The van der Waals surface area contributed by atoms with Gasteiger partial charge in [-0.25, -0.2) is 13.6 Å². The second kappa shape index (κ2) is 11.0. The van der Waals surface area contributed by atoms with Gasteiger partial charge in [-0.3, -0.25) is 14.3 Å². The zero-order valence-corrected chi connectivity index (χ0v) is 23.4. The molecule has 0 bridgehead atoms. The number of rotatable bonds is 5. The second-order valence-corrected chi connectivity index (χ2v) is 11.0. The molecule has 0 saturated carbocycles. The summed E-state index contributed by atoms with van der Waals surface area (Å²) in [5.41, 5.74) is 0.327. The Kier molecular flexibility index (Phi) is 7.43. The molecule has 1 aromatic heterocycles. The Morgan fingerprint density at radius 3 is 2.68 bits per heavy atom. The highest BCUT2D eigenvalue weighted by Crippen LogP contribution is 2.47. The monoisotopic (exact) mass is 585 g/mol. The van der Waals surface area contributed by atoms with Crippen molar-refractivity contribution < 1.29 is 23.0 Å². The average Bonchev–Trinajstić information content (AvgIpc) is 2.96. The highest BCUT2D eigenvalue weighted by atomic mass is 35.5. The molecule has 2 saturated heterocycles. The smallest absolute Gasteiger partial charge is 0.350 e. The third-order valence-corrected chi connectivity index (χ3v) is 8.34. The molecule has 216 valence electrons. The van der Waals surface area contributed by atoms with Gasteiger partial charge in [0.2, 0.25) is 5.91 Å². The Labute approximate surface area is 240 Å². The number of carbonyl (C=O) groups is 1. The van der Waals surface area contributed by atoms with Crippen molar-refractivity contribution in [3.8, 4) is 16.9 Å². The van der Waals surface area contributed by atoms with Crippen molar-refractivity contribution in [2.75, 3.05) is 64.0 Å². The summed E-state index contributed by atoms with van der Waals surface area (Å²) >= 11 is 6.81. The van der Waals surface area contributed by atoms with Crippen LogP contribution in [0.2, 0.25) is 5.02 Å². The van der Waals surface area contributed by atoms with Crippen LogP contribution in [0, 0.1) is 11.6 Å². The molecule has 6 rings (SSSR count). The molecule has 3 aliphatic heterocycles. The van der Waals surface area contributed by atoms with E-state index in [0.29, 0.717) is 56.1 Å². The lowest BCUT2D eigenvalue weighted by atomic mass is 9.99. The van der Waals surface area contributed by atoms with Crippen LogP contribution in [0.5, 0.6) is 5.75 Å². The molecular weight excluding hydrogens is 556 g/mol. The molecule has 9 nitrogen and oxygen atoms in total. The minimum absolute atomic E-state index is 0.0715. The minimum atomic E-state index is -0.790. The van der Waals surface area contributed by atoms with Gasteiger partial charge in [-0.1, -0.05) is 18.2 Å². The van der Waals surface area contributed by atoms with E-state index in [1.54, 1.807) is 15.5 Å². The lowest BCUT2D eigenvalue weighted by Gasteiger charge is -2.41. The number of ether oxygens (including phenoxy) is 2. The van der Waals surface area contributed by atoms with Crippen molar-refractivity contribution in [2.24, 2.45) is 0 Å². The Morgan fingerprint density at radius 1 is 1.20 bits per heavy atom. The number of benzene rings is 2. The fourth-order valence-electron chi connectivity index (χ4n) is 6.04. The number of hydrogen-bond donors (Lipinski definition) is 0. The van der Waals surface area contributed by atoms with Crippen molar-refractivity contribution in [1.29, 1.82) is 0 Å². The molecule has 41 heavy (non-hydrogen) atoms. The van der Waals surface area contributed by atoms with Crippen molar-refractivity contribution in [1.82, 2.24) is 19.4 Å². The normalized spacial score (nSPS) is 21.2. The average molecular weight is 586 g/mol. The summed E-state index contributed by atoms with van der Waals surface area (Å²) in [7, 11) is 0. The maximum Gasteiger partial charge on any atom is 0.350 e. The van der Waals surface area contributed by atoms with E-state index in [1.165, 1.54) is 12.1 Å². The number of hydrogen-bond acceptors (Lipinski definition) is 7. The van der Waals surface area contributed by atoms with Gasteiger partial charge in [-0.15, -0.1) is 0 Å². The van der Waals surface area contributed by atoms with E-state index in [0.717, 1.165) is 25.2 Å².